The van der Waals surface area contributed by atoms with E-state index in [0.717, 1.165) is 87.3 Å². The standard InChI is InChI=1S/C48H83BF2N3O8P/c1-9-10-11-12-13-14-15-16-17-18-22-25-28-31-45(55)59-37-43(38-61-63(57,58)60-34-33-54(6,7)8)62-46(56)32-29-26-23-20-19-21-24-27-30-44-47-39(2)35-41(4)52(47)49(50,51)53-42(5)36-40(3)48(44)53/h35-36,43H,9-34,37-38H2,1-8H3/t43-/m1/s1. The highest BCUT2D eigenvalue weighted by Gasteiger charge is 2.54. The Labute approximate surface area is 379 Å². The van der Waals surface area contributed by atoms with Crippen LogP contribution in [0.4, 0.5) is 8.63 Å². The van der Waals surface area contributed by atoms with Crippen molar-refractivity contribution in [1.82, 2.24) is 4.48 Å². The first-order valence-electron chi connectivity index (χ1n) is 24.4. The number of unbranched alkanes of at least 4 members (excludes halogenated alkanes) is 19. The highest BCUT2D eigenvalue weighted by molar-refractivity contribution is 7.45. The van der Waals surface area contributed by atoms with E-state index in [2.05, 4.69) is 6.92 Å². The molecule has 1 unspecified atom stereocenters. The van der Waals surface area contributed by atoms with Crippen LogP contribution in [0.1, 0.15) is 192 Å². The van der Waals surface area contributed by atoms with Crippen LogP contribution in [0.5, 0.6) is 0 Å². The van der Waals surface area contributed by atoms with Crippen molar-refractivity contribution >= 4 is 38.0 Å². The number of fused-ring (bicyclic) bond motifs is 2. The zero-order chi connectivity index (χ0) is 46.5. The molecule has 0 bridgehead atoms. The van der Waals surface area contributed by atoms with Gasteiger partial charge in [-0.1, -0.05) is 122 Å². The topological polar surface area (TPSA) is 119 Å². The van der Waals surface area contributed by atoms with Crippen LogP contribution in [0, 0.1) is 13.8 Å². The molecule has 2 atom stereocenters. The van der Waals surface area contributed by atoms with Crippen LogP contribution in [0.3, 0.4) is 0 Å². The van der Waals surface area contributed by atoms with Gasteiger partial charge in [-0.3, -0.25) is 14.2 Å². The van der Waals surface area contributed by atoms with E-state index in [0.29, 0.717) is 46.7 Å². The molecule has 0 spiro atoms. The number of hydrogen-bond acceptors (Lipinski definition) is 8. The first-order chi connectivity index (χ1) is 29.9. The van der Waals surface area contributed by atoms with E-state index < -0.39 is 39.4 Å². The van der Waals surface area contributed by atoms with Gasteiger partial charge in [0.15, 0.2) is 11.8 Å². The van der Waals surface area contributed by atoms with Crippen LogP contribution >= 0.6 is 7.82 Å². The van der Waals surface area contributed by atoms with E-state index in [1.807, 2.05) is 47.1 Å². The van der Waals surface area contributed by atoms with E-state index in [1.54, 1.807) is 13.8 Å². The number of esters is 2. The van der Waals surface area contributed by atoms with Crippen molar-refractivity contribution < 1.29 is 55.2 Å². The average molecular weight is 910 g/mol. The van der Waals surface area contributed by atoms with Gasteiger partial charge in [0.1, 0.15) is 25.5 Å². The van der Waals surface area contributed by atoms with Gasteiger partial charge in [-0.05, 0) is 63.8 Å². The maximum Gasteiger partial charge on any atom is 0.737 e. The number of aryl methyl sites for hydroxylation is 2. The molecule has 15 heteroatoms. The predicted molar refractivity (Wildman–Crippen MR) is 249 cm³/mol. The Morgan fingerprint density at radius 3 is 1.81 bits per heavy atom. The molecule has 3 rings (SSSR count). The summed E-state index contributed by atoms with van der Waals surface area (Å²) in [6.45, 7) is 5.25. The molecular weight excluding hydrogens is 826 g/mol. The van der Waals surface area contributed by atoms with Gasteiger partial charge >= 0.3 is 18.9 Å². The van der Waals surface area contributed by atoms with E-state index in [-0.39, 0.29) is 26.1 Å². The number of carbonyl (C=O) groups excluding carboxylic acids is 2. The largest absolute Gasteiger partial charge is 0.756 e. The quantitative estimate of drug-likeness (QED) is 0.0217. The molecule has 1 aromatic heterocycles. The second-order valence-electron chi connectivity index (χ2n) is 19.1. The molecule has 2 aliphatic heterocycles. The minimum absolute atomic E-state index is 0.0595. The van der Waals surface area contributed by atoms with Crippen LogP contribution < -0.4 is 4.89 Å². The van der Waals surface area contributed by atoms with Crippen molar-refractivity contribution in [3.05, 3.63) is 40.4 Å². The van der Waals surface area contributed by atoms with Gasteiger partial charge in [0.2, 0.25) is 0 Å². The lowest BCUT2D eigenvalue weighted by Gasteiger charge is -2.34. The molecule has 0 radical (unpaired) electrons. The number of quaternary nitrogens is 1. The van der Waals surface area contributed by atoms with E-state index in [1.165, 1.54) is 66.8 Å². The SMILES string of the molecule is CCCCCCCCCCCCCCCC(=O)OC[C@H](COP(=O)([O-])OCC[N+](C)(C)C)OC(=O)CCCCCCCCCCC1=C2C(C)=CC(C)=[N+]2[B-](F)(F)n2c(C)cc(C)c21. The van der Waals surface area contributed by atoms with E-state index in [4.69, 9.17) is 18.5 Å². The van der Waals surface area contributed by atoms with Crippen molar-refractivity contribution in [2.24, 2.45) is 0 Å². The normalized spacial score (nSPS) is 16.2. The number of rotatable bonds is 35. The third kappa shape index (κ3) is 19.4. The Morgan fingerprint density at radius 2 is 1.27 bits per heavy atom. The zero-order valence-electron chi connectivity index (χ0n) is 40.4. The number of phosphoric acid groups is 1. The van der Waals surface area contributed by atoms with Crippen LogP contribution in [0.15, 0.2) is 23.4 Å². The Bertz CT molecular complexity index is 1740. The third-order valence-corrected chi connectivity index (χ3v) is 13.2. The summed E-state index contributed by atoms with van der Waals surface area (Å²) in [5.41, 5.74) is 5.32. The molecule has 2 aliphatic rings. The summed E-state index contributed by atoms with van der Waals surface area (Å²) in [5.74, 6) is -0.919. The van der Waals surface area contributed by atoms with Crippen LogP contribution in [0.2, 0.25) is 0 Å². The summed E-state index contributed by atoms with van der Waals surface area (Å²) in [5, 5.41) is 0. The molecule has 360 valence electrons. The number of nitrogens with zero attached hydrogens (tertiary/aromatic N) is 3. The smallest absolute Gasteiger partial charge is 0.737 e. The second-order valence-corrected chi connectivity index (χ2v) is 20.6. The van der Waals surface area contributed by atoms with Crippen molar-refractivity contribution in [2.75, 3.05) is 47.5 Å². The van der Waals surface area contributed by atoms with Gasteiger partial charge in [-0.25, -0.2) is 0 Å². The van der Waals surface area contributed by atoms with Crippen LogP contribution in [0.25, 0.3) is 5.57 Å². The molecule has 11 nitrogen and oxygen atoms in total. The van der Waals surface area contributed by atoms with E-state index in [9.17, 15) is 19.0 Å². The molecule has 0 N–H and O–H groups in total. The van der Waals surface area contributed by atoms with Crippen molar-refractivity contribution in [2.45, 2.75) is 195 Å². The number of phosphoric ester groups is 1. The monoisotopic (exact) mass is 910 g/mol. The highest BCUT2D eigenvalue weighted by Crippen LogP contribution is 2.43. The van der Waals surface area contributed by atoms with Crippen LogP contribution in [-0.4, -0.2) is 91.7 Å². The lowest BCUT2D eigenvalue weighted by molar-refractivity contribution is -0.870. The molecule has 63 heavy (non-hydrogen) atoms. The number of carbonyl (C=O) groups is 2. The number of hydrogen-bond donors (Lipinski definition) is 0. The Kier molecular flexibility index (Phi) is 24.1. The average Bonchev–Trinajstić information content (AvgIpc) is 3.69. The van der Waals surface area contributed by atoms with E-state index >= 15 is 8.63 Å². The van der Waals surface area contributed by atoms with Crippen LogP contribution in [-0.2, 0) is 32.7 Å². The summed E-state index contributed by atoms with van der Waals surface area (Å²) >= 11 is 0. The first kappa shape index (κ1) is 54.7. The lowest BCUT2D eigenvalue weighted by Crippen LogP contribution is -2.51. The molecule has 0 aromatic carbocycles. The fraction of sp³-hybridized carbons (Fsp3) is 0.771. The Morgan fingerprint density at radius 1 is 0.762 bits per heavy atom. The molecule has 1 aromatic rings. The molecular formula is C48H83BF2N3O8P. The summed E-state index contributed by atoms with van der Waals surface area (Å²) in [6.07, 6.45) is 25.0. The molecule has 0 aliphatic carbocycles. The maximum atomic E-state index is 15.8. The predicted octanol–water partition coefficient (Wildman–Crippen LogP) is 11.5. The molecule has 0 saturated carbocycles. The number of ether oxygens (including phenoxy) is 2. The molecule has 0 amide bonds. The minimum atomic E-state index is -4.67. The number of aromatic nitrogens is 1. The van der Waals surface area contributed by atoms with Crippen molar-refractivity contribution in [1.29, 1.82) is 0 Å². The fourth-order valence-electron chi connectivity index (χ4n) is 8.84. The number of halogens is 2. The lowest BCUT2D eigenvalue weighted by atomic mass is 9.84. The number of allylic oxidation sites excluding steroid dienone is 3. The Balaban J connectivity index is 1.34. The maximum absolute atomic E-state index is 15.8. The summed E-state index contributed by atoms with van der Waals surface area (Å²) in [4.78, 5) is 37.9. The van der Waals surface area contributed by atoms with Gasteiger partial charge in [0, 0.05) is 42.7 Å². The molecule has 3 heterocycles. The third-order valence-electron chi connectivity index (χ3n) is 12.2. The summed E-state index contributed by atoms with van der Waals surface area (Å²) in [7, 11) is 1.07. The van der Waals surface area contributed by atoms with Crippen molar-refractivity contribution in [3.8, 4) is 0 Å². The van der Waals surface area contributed by atoms with Crippen molar-refractivity contribution in [3.63, 3.8) is 0 Å². The molecule has 0 saturated heterocycles. The van der Waals surface area contributed by atoms with Gasteiger partial charge < -0.3 is 45.5 Å². The molecule has 0 fully saturated rings. The van der Waals surface area contributed by atoms with Gasteiger partial charge in [0.05, 0.1) is 27.7 Å². The first-order valence-corrected chi connectivity index (χ1v) is 25.9. The summed E-state index contributed by atoms with van der Waals surface area (Å²) in [6, 6.07) is 1.87. The fourth-order valence-corrected chi connectivity index (χ4v) is 9.57. The second kappa shape index (κ2) is 27.8. The Hall–Kier alpha value is -2.64. The summed E-state index contributed by atoms with van der Waals surface area (Å²) < 4.78 is 68.2. The number of likely N-dealkylation sites (N-methyl/N-ethyl adjacent to an activating group) is 1. The highest BCUT2D eigenvalue weighted by atomic mass is 31.2. The minimum Gasteiger partial charge on any atom is -0.756 e. The van der Waals surface area contributed by atoms with Gasteiger partial charge in [-0.15, -0.1) is 0 Å². The zero-order valence-corrected chi connectivity index (χ0v) is 41.3. The van der Waals surface area contributed by atoms with Gasteiger partial charge in [-0.2, -0.15) is 0 Å². The van der Waals surface area contributed by atoms with Gasteiger partial charge in [0.25, 0.3) is 7.82 Å².